The molecule has 2 aliphatic rings. The van der Waals surface area contributed by atoms with Crippen LogP contribution in [0.2, 0.25) is 0 Å². The molecule has 0 saturated carbocycles. The van der Waals surface area contributed by atoms with E-state index >= 15 is 0 Å². The fraction of sp³-hybridized carbons (Fsp3) is 0.197. The number of ether oxygens (including phenoxy) is 10. The molecule has 1 N–H and O–H groups in total. The van der Waals surface area contributed by atoms with Gasteiger partial charge in [0.15, 0.2) is 30.5 Å². The van der Waals surface area contributed by atoms with Crippen molar-refractivity contribution in [3.63, 3.8) is 0 Å². The van der Waals surface area contributed by atoms with Crippen LogP contribution < -0.4 is 0 Å². The van der Waals surface area contributed by atoms with E-state index < -0.39 is 116 Å². The highest BCUT2D eigenvalue weighted by Gasteiger charge is 2.58. The van der Waals surface area contributed by atoms with Gasteiger partial charge in [-0.1, -0.05) is 127 Å². The van der Waals surface area contributed by atoms with Gasteiger partial charge in [-0.15, -0.1) is 0 Å². The van der Waals surface area contributed by atoms with Gasteiger partial charge < -0.3 is 52.5 Å². The SMILES string of the molecule is O=C(OC[C@H]1O[C@H](O[C@H]2O[C@H](COC(=O)c3ccccc3)[C@@H](OC(=O)c3ccccc3)[C@H](OC(=O)c3ccccc3)[C@H]2OC(=O)c2ccccc2)[C@H](OC(=O)c2ccccc2)[C@@H](OC(=O)c2ccccc2)[C@@H]1O)c1ccccc1. The molecule has 2 heterocycles. The molecule has 2 aliphatic heterocycles. The Kier molecular flexibility index (Phi) is 18.0. The van der Waals surface area contributed by atoms with Crippen LogP contribution >= 0.6 is 0 Å². The lowest BCUT2D eigenvalue weighted by Crippen LogP contribution is -2.66. The fourth-order valence-corrected chi connectivity index (χ4v) is 8.51. The van der Waals surface area contributed by atoms with Crippen molar-refractivity contribution in [2.45, 2.75) is 61.4 Å². The second-order valence-electron chi connectivity index (χ2n) is 17.8. The topological polar surface area (TPSA) is 232 Å². The molecule has 2 saturated heterocycles. The first-order valence-corrected chi connectivity index (χ1v) is 24.9. The fourth-order valence-electron chi connectivity index (χ4n) is 8.51. The highest BCUT2D eigenvalue weighted by Crippen LogP contribution is 2.36. The predicted octanol–water partition coefficient (Wildman–Crippen LogP) is 7.66. The van der Waals surface area contributed by atoms with Crippen LogP contribution in [-0.4, -0.2) is 122 Å². The van der Waals surface area contributed by atoms with Crippen molar-refractivity contribution in [1.29, 1.82) is 0 Å². The molecule has 0 amide bonds. The molecule has 7 aromatic rings. The first-order chi connectivity index (χ1) is 38.5. The van der Waals surface area contributed by atoms with Crippen LogP contribution in [0.15, 0.2) is 212 Å². The maximum Gasteiger partial charge on any atom is 0.338 e. The number of carbonyl (C=O) groups excluding carboxylic acids is 7. The van der Waals surface area contributed by atoms with E-state index in [1.807, 2.05) is 0 Å². The molecule has 402 valence electrons. The van der Waals surface area contributed by atoms with E-state index in [0.29, 0.717) is 0 Å². The highest BCUT2D eigenvalue weighted by atomic mass is 16.8. The normalized spacial score (nSPS) is 22.4. The number of aliphatic hydroxyl groups is 1. The van der Waals surface area contributed by atoms with Crippen molar-refractivity contribution in [2.75, 3.05) is 13.2 Å². The summed E-state index contributed by atoms with van der Waals surface area (Å²) in [4.78, 5) is 98.2. The maximum absolute atomic E-state index is 14.4. The Labute approximate surface area is 452 Å². The number of aliphatic hydroxyl groups excluding tert-OH is 1. The van der Waals surface area contributed by atoms with Crippen molar-refractivity contribution >= 4 is 41.8 Å². The van der Waals surface area contributed by atoms with Gasteiger partial charge in [-0.05, 0) is 84.9 Å². The molecule has 9 rings (SSSR count). The van der Waals surface area contributed by atoms with Crippen molar-refractivity contribution in [2.24, 2.45) is 0 Å². The number of hydrogen-bond acceptors (Lipinski definition) is 18. The maximum atomic E-state index is 14.4. The number of rotatable bonds is 18. The third kappa shape index (κ3) is 13.8. The molecular weight excluding hydrogens is 1020 g/mol. The molecule has 18 nitrogen and oxygen atoms in total. The lowest BCUT2D eigenvalue weighted by Gasteiger charge is -2.47. The van der Waals surface area contributed by atoms with Crippen molar-refractivity contribution in [1.82, 2.24) is 0 Å². The van der Waals surface area contributed by atoms with Crippen LogP contribution in [0.1, 0.15) is 72.5 Å². The largest absolute Gasteiger partial charge is 0.459 e. The summed E-state index contributed by atoms with van der Waals surface area (Å²) in [5.41, 5.74) is 0.326. The summed E-state index contributed by atoms with van der Waals surface area (Å²) in [6.45, 7) is -1.47. The molecule has 7 aromatic carbocycles. The molecule has 0 spiro atoms. The lowest BCUT2D eigenvalue weighted by molar-refractivity contribution is -0.373. The van der Waals surface area contributed by atoms with Crippen molar-refractivity contribution in [3.05, 3.63) is 251 Å². The number of hydrogen-bond donors (Lipinski definition) is 1. The first kappa shape index (κ1) is 54.5. The van der Waals surface area contributed by atoms with Gasteiger partial charge in [0.05, 0.1) is 38.9 Å². The zero-order valence-corrected chi connectivity index (χ0v) is 41.8. The standard InChI is InChI=1S/C61H50O18/c62-47-45(36-70-53(63)38-22-8-1-9-23-38)72-60(51(77-58(68)43-32-18-6-19-33-43)49(47)75-56(66)41-28-14-4-15-29-41)79-61-52(78-59(69)44-34-20-7-21-35-44)50(76-57(67)42-30-16-5-17-31-42)48(74-55(65)40-26-12-3-13-27-40)46(73-61)37-71-54(64)39-24-10-2-11-25-39/h1-35,45-52,60-62H,36-37H2/t45-,46-,47-,48-,49+,50+,51-,52-,60-,61-/m1/s1. The Morgan fingerprint density at radius 2 is 0.544 bits per heavy atom. The minimum Gasteiger partial charge on any atom is -0.459 e. The number of esters is 7. The quantitative estimate of drug-likeness (QED) is 0.0642. The Balaban J connectivity index is 1.16. The second-order valence-corrected chi connectivity index (χ2v) is 17.8. The van der Waals surface area contributed by atoms with Crippen LogP contribution in [-0.2, 0) is 47.4 Å². The van der Waals surface area contributed by atoms with E-state index in [9.17, 15) is 38.7 Å². The molecule has 0 bridgehead atoms. The van der Waals surface area contributed by atoms with E-state index in [1.54, 1.807) is 127 Å². The summed E-state index contributed by atoms with van der Waals surface area (Å²) in [6, 6.07) is 54.1. The summed E-state index contributed by atoms with van der Waals surface area (Å²) < 4.78 is 61.9. The van der Waals surface area contributed by atoms with Gasteiger partial charge >= 0.3 is 41.8 Å². The Morgan fingerprint density at radius 3 is 0.873 bits per heavy atom. The van der Waals surface area contributed by atoms with Crippen LogP contribution in [0.25, 0.3) is 0 Å². The average molecular weight is 1070 g/mol. The summed E-state index contributed by atoms with van der Waals surface area (Å²) in [7, 11) is 0. The van der Waals surface area contributed by atoms with E-state index in [2.05, 4.69) is 0 Å². The van der Waals surface area contributed by atoms with Gasteiger partial charge in [0.1, 0.15) is 31.5 Å². The van der Waals surface area contributed by atoms with E-state index in [1.165, 1.54) is 84.9 Å². The summed E-state index contributed by atoms with van der Waals surface area (Å²) in [6.07, 6.45) is -18.9. The Morgan fingerprint density at radius 1 is 0.304 bits per heavy atom. The van der Waals surface area contributed by atoms with Gasteiger partial charge in [0.2, 0.25) is 12.6 Å². The first-order valence-electron chi connectivity index (χ1n) is 24.9. The summed E-state index contributed by atoms with van der Waals surface area (Å²) >= 11 is 0. The summed E-state index contributed by atoms with van der Waals surface area (Å²) in [5.74, 6) is -6.69. The Hall–Kier alpha value is -9.33. The smallest absolute Gasteiger partial charge is 0.338 e. The van der Waals surface area contributed by atoms with Gasteiger partial charge in [0.25, 0.3) is 0 Å². The van der Waals surface area contributed by atoms with Crippen LogP contribution in [0, 0.1) is 0 Å². The molecule has 18 heteroatoms. The monoisotopic (exact) mass is 1070 g/mol. The second kappa shape index (κ2) is 26.1. The van der Waals surface area contributed by atoms with E-state index in [4.69, 9.17) is 47.4 Å². The minimum absolute atomic E-state index is 0.00244. The van der Waals surface area contributed by atoms with Gasteiger partial charge in [-0.25, -0.2) is 33.6 Å². The molecule has 0 radical (unpaired) electrons. The third-order valence-electron chi connectivity index (χ3n) is 12.5. The van der Waals surface area contributed by atoms with Crippen LogP contribution in [0.3, 0.4) is 0 Å². The highest BCUT2D eigenvalue weighted by molar-refractivity contribution is 5.93. The lowest BCUT2D eigenvalue weighted by atomic mass is 9.96. The van der Waals surface area contributed by atoms with Gasteiger partial charge in [-0.3, -0.25) is 0 Å². The zero-order valence-electron chi connectivity index (χ0n) is 41.8. The van der Waals surface area contributed by atoms with E-state index in [-0.39, 0.29) is 38.9 Å². The predicted molar refractivity (Wildman–Crippen MR) is 276 cm³/mol. The minimum atomic E-state index is -2.08. The number of carbonyl (C=O) groups is 7. The van der Waals surface area contributed by atoms with Crippen LogP contribution in [0.4, 0.5) is 0 Å². The molecule has 2 fully saturated rings. The van der Waals surface area contributed by atoms with Gasteiger partial charge in [0, 0.05) is 0 Å². The number of benzene rings is 7. The molecular formula is C61H50O18. The van der Waals surface area contributed by atoms with Crippen molar-refractivity contribution in [3.8, 4) is 0 Å². The summed E-state index contributed by atoms with van der Waals surface area (Å²) in [5, 5.41) is 12.2. The Bertz CT molecular complexity index is 3170. The molecule has 0 aromatic heterocycles. The molecule has 0 aliphatic carbocycles. The van der Waals surface area contributed by atoms with Gasteiger partial charge in [-0.2, -0.15) is 0 Å². The third-order valence-corrected chi connectivity index (χ3v) is 12.5. The molecule has 79 heavy (non-hydrogen) atoms. The van der Waals surface area contributed by atoms with Crippen LogP contribution in [0.5, 0.6) is 0 Å². The average Bonchev–Trinajstić information content (AvgIpc) is 3.58. The molecule has 0 unspecified atom stereocenters. The van der Waals surface area contributed by atoms with Crippen molar-refractivity contribution < 1.29 is 86.0 Å². The molecule has 10 atom stereocenters. The van der Waals surface area contributed by atoms with E-state index in [0.717, 1.165) is 0 Å². The zero-order chi connectivity index (χ0) is 55.1.